The van der Waals surface area contributed by atoms with E-state index < -0.39 is 16.1 Å². The van der Waals surface area contributed by atoms with E-state index in [2.05, 4.69) is 0 Å². The molecule has 1 atom stereocenters. The van der Waals surface area contributed by atoms with Crippen LogP contribution in [0.25, 0.3) is 0 Å². The molecule has 1 aromatic rings. The van der Waals surface area contributed by atoms with Crippen LogP contribution in [0.3, 0.4) is 0 Å². The lowest BCUT2D eigenvalue weighted by molar-refractivity contribution is -0.140. The number of carbonyl (C=O) groups is 2. The molecule has 0 radical (unpaired) electrons. The lowest BCUT2D eigenvalue weighted by Crippen LogP contribution is -2.53. The Morgan fingerprint density at radius 3 is 2.39 bits per heavy atom. The Bertz CT molecular complexity index is 872. The fourth-order valence-corrected chi connectivity index (χ4v) is 5.22. The number of halogens is 2. The van der Waals surface area contributed by atoms with E-state index in [1.54, 1.807) is 0 Å². The molecule has 11 heteroatoms. The Labute approximate surface area is 174 Å². The summed E-state index contributed by atoms with van der Waals surface area (Å²) in [5.41, 5.74) is 0. The number of piperazine rings is 1. The van der Waals surface area contributed by atoms with Crippen LogP contribution in [0, 0.1) is 0 Å². The van der Waals surface area contributed by atoms with Gasteiger partial charge < -0.3 is 4.74 Å². The largest absolute Gasteiger partial charge is 0.383 e. The average molecular weight is 450 g/mol. The standard InChI is InChI=1S/C17H21Cl2N3O5S/c1-27-9-8-22-16(23)11-15(17(22)24)20-4-6-21(7-5-20)28(25,26)12-2-3-13(18)14(19)10-12/h2-3,10,15H,4-9,11H2,1H3/t15-/m0/s1. The third-order valence-electron chi connectivity index (χ3n) is 4.98. The van der Waals surface area contributed by atoms with Crippen molar-refractivity contribution >= 4 is 45.0 Å². The Morgan fingerprint density at radius 1 is 1.11 bits per heavy atom. The topological polar surface area (TPSA) is 87.2 Å². The van der Waals surface area contributed by atoms with Crippen molar-refractivity contribution in [2.24, 2.45) is 0 Å². The summed E-state index contributed by atoms with van der Waals surface area (Å²) in [5.74, 6) is -0.472. The molecule has 2 heterocycles. The third kappa shape index (κ3) is 4.19. The van der Waals surface area contributed by atoms with Gasteiger partial charge in [0.2, 0.25) is 21.8 Å². The molecule has 8 nitrogen and oxygen atoms in total. The van der Waals surface area contributed by atoms with Gasteiger partial charge in [-0.3, -0.25) is 19.4 Å². The maximum atomic E-state index is 12.8. The normalized spacial score (nSPS) is 22.2. The molecule has 0 spiro atoms. The molecule has 1 aromatic carbocycles. The highest BCUT2D eigenvalue weighted by molar-refractivity contribution is 7.89. The second kappa shape index (κ2) is 8.64. The van der Waals surface area contributed by atoms with Crippen LogP contribution in [-0.2, 0) is 24.3 Å². The van der Waals surface area contributed by atoms with Gasteiger partial charge in [0, 0.05) is 33.3 Å². The van der Waals surface area contributed by atoms with Crippen molar-refractivity contribution in [3.05, 3.63) is 28.2 Å². The van der Waals surface area contributed by atoms with E-state index in [9.17, 15) is 18.0 Å². The van der Waals surface area contributed by atoms with Crippen LogP contribution in [0.5, 0.6) is 0 Å². The van der Waals surface area contributed by atoms with Crippen molar-refractivity contribution in [2.45, 2.75) is 17.4 Å². The molecule has 3 rings (SSSR count). The first-order valence-corrected chi connectivity index (χ1v) is 11.0. The average Bonchev–Trinajstić information content (AvgIpc) is 2.96. The van der Waals surface area contributed by atoms with Gasteiger partial charge in [0.25, 0.3) is 0 Å². The highest BCUT2D eigenvalue weighted by atomic mass is 35.5. The fraction of sp³-hybridized carbons (Fsp3) is 0.529. The van der Waals surface area contributed by atoms with Crippen LogP contribution in [0.2, 0.25) is 10.0 Å². The number of hydrogen-bond donors (Lipinski definition) is 0. The SMILES string of the molecule is COCCN1C(=O)C[C@H](N2CCN(S(=O)(=O)c3ccc(Cl)c(Cl)c3)CC2)C1=O. The minimum absolute atomic E-state index is 0.0770. The molecular formula is C17H21Cl2N3O5S. The summed E-state index contributed by atoms with van der Waals surface area (Å²) in [4.78, 5) is 27.8. The molecule has 0 bridgehead atoms. The highest BCUT2D eigenvalue weighted by Gasteiger charge is 2.43. The number of ether oxygens (including phenoxy) is 1. The number of carbonyl (C=O) groups excluding carboxylic acids is 2. The van der Waals surface area contributed by atoms with E-state index in [0.29, 0.717) is 19.7 Å². The van der Waals surface area contributed by atoms with Crippen molar-refractivity contribution in [3.63, 3.8) is 0 Å². The predicted molar refractivity (Wildman–Crippen MR) is 104 cm³/mol. The Balaban J connectivity index is 1.65. The Morgan fingerprint density at radius 2 is 1.79 bits per heavy atom. The van der Waals surface area contributed by atoms with Gasteiger partial charge in [-0.2, -0.15) is 4.31 Å². The summed E-state index contributed by atoms with van der Waals surface area (Å²) >= 11 is 11.8. The second-order valence-corrected chi connectivity index (χ2v) is 9.36. The van der Waals surface area contributed by atoms with Gasteiger partial charge in [-0.05, 0) is 18.2 Å². The monoisotopic (exact) mass is 449 g/mol. The first kappa shape index (κ1) is 21.5. The first-order valence-electron chi connectivity index (χ1n) is 8.78. The molecule has 0 saturated carbocycles. The van der Waals surface area contributed by atoms with Crippen LogP contribution < -0.4 is 0 Å². The molecule has 2 fully saturated rings. The van der Waals surface area contributed by atoms with Crippen LogP contribution in [0.15, 0.2) is 23.1 Å². The summed E-state index contributed by atoms with van der Waals surface area (Å²) in [5, 5.41) is 0.459. The number of sulfonamides is 1. The lowest BCUT2D eigenvalue weighted by atomic mass is 10.2. The zero-order valence-electron chi connectivity index (χ0n) is 15.3. The fourth-order valence-electron chi connectivity index (χ4n) is 3.41. The van der Waals surface area contributed by atoms with Gasteiger partial charge >= 0.3 is 0 Å². The third-order valence-corrected chi connectivity index (χ3v) is 7.62. The van der Waals surface area contributed by atoms with E-state index in [1.807, 2.05) is 4.90 Å². The maximum Gasteiger partial charge on any atom is 0.247 e. The highest BCUT2D eigenvalue weighted by Crippen LogP contribution is 2.28. The van der Waals surface area contributed by atoms with Crippen LogP contribution in [0.4, 0.5) is 0 Å². The molecule has 0 aliphatic carbocycles. The number of rotatable bonds is 6. The van der Waals surface area contributed by atoms with Gasteiger partial charge in [0.05, 0.1) is 40.6 Å². The molecule has 154 valence electrons. The second-order valence-electron chi connectivity index (χ2n) is 6.61. The van der Waals surface area contributed by atoms with Crippen LogP contribution in [0.1, 0.15) is 6.42 Å². The number of methoxy groups -OCH3 is 1. The first-order chi connectivity index (χ1) is 13.3. The summed E-state index contributed by atoms with van der Waals surface area (Å²) < 4.78 is 31.9. The molecule has 2 aliphatic heterocycles. The minimum atomic E-state index is -3.71. The molecular weight excluding hydrogens is 429 g/mol. The van der Waals surface area contributed by atoms with Crippen molar-refractivity contribution in [3.8, 4) is 0 Å². The van der Waals surface area contributed by atoms with E-state index >= 15 is 0 Å². The van der Waals surface area contributed by atoms with Gasteiger partial charge in [-0.25, -0.2) is 8.42 Å². The predicted octanol–water partition coefficient (Wildman–Crippen LogP) is 1.07. The van der Waals surface area contributed by atoms with Crippen molar-refractivity contribution in [2.75, 3.05) is 46.4 Å². The van der Waals surface area contributed by atoms with Crippen molar-refractivity contribution in [1.29, 1.82) is 0 Å². The van der Waals surface area contributed by atoms with Crippen molar-refractivity contribution < 1.29 is 22.7 Å². The minimum Gasteiger partial charge on any atom is -0.383 e. The quantitative estimate of drug-likeness (QED) is 0.603. The molecule has 2 saturated heterocycles. The Kier molecular flexibility index (Phi) is 6.63. The molecule has 0 aromatic heterocycles. The Hall–Kier alpha value is -1.23. The zero-order chi connectivity index (χ0) is 20.5. The summed E-state index contributed by atoms with van der Waals surface area (Å²) in [7, 11) is -2.20. The summed E-state index contributed by atoms with van der Waals surface area (Å²) in [6, 6.07) is 3.66. The van der Waals surface area contributed by atoms with Crippen LogP contribution >= 0.6 is 23.2 Å². The van der Waals surface area contributed by atoms with Crippen molar-refractivity contribution in [1.82, 2.24) is 14.1 Å². The molecule has 0 unspecified atom stereocenters. The van der Waals surface area contributed by atoms with E-state index in [-0.39, 0.29) is 52.8 Å². The number of benzene rings is 1. The summed E-state index contributed by atoms with van der Waals surface area (Å²) in [6.45, 7) is 1.69. The maximum absolute atomic E-state index is 12.8. The lowest BCUT2D eigenvalue weighted by Gasteiger charge is -2.36. The summed E-state index contributed by atoms with van der Waals surface area (Å²) in [6.07, 6.45) is 0.113. The molecule has 2 aliphatic rings. The van der Waals surface area contributed by atoms with Crippen LogP contribution in [-0.4, -0.2) is 86.8 Å². The number of imide groups is 1. The van der Waals surface area contributed by atoms with E-state index in [1.165, 1.54) is 34.5 Å². The number of amides is 2. The molecule has 28 heavy (non-hydrogen) atoms. The number of likely N-dealkylation sites (tertiary alicyclic amines) is 1. The smallest absolute Gasteiger partial charge is 0.247 e. The van der Waals surface area contributed by atoms with Gasteiger partial charge in [0.1, 0.15) is 0 Å². The van der Waals surface area contributed by atoms with E-state index in [4.69, 9.17) is 27.9 Å². The zero-order valence-corrected chi connectivity index (χ0v) is 17.6. The molecule has 2 amide bonds. The van der Waals surface area contributed by atoms with Gasteiger partial charge in [0.15, 0.2) is 0 Å². The van der Waals surface area contributed by atoms with E-state index in [0.717, 1.165) is 0 Å². The van der Waals surface area contributed by atoms with Gasteiger partial charge in [-0.15, -0.1) is 0 Å². The number of hydrogen-bond acceptors (Lipinski definition) is 6. The molecule has 0 N–H and O–H groups in total. The number of nitrogens with zero attached hydrogens (tertiary/aromatic N) is 3. The van der Waals surface area contributed by atoms with Gasteiger partial charge in [-0.1, -0.05) is 23.2 Å².